The quantitative estimate of drug-likeness (QED) is 0.662. The maximum atomic E-state index is 12.5. The first-order valence-corrected chi connectivity index (χ1v) is 8.67. The number of hydrogen-bond acceptors (Lipinski definition) is 4. The van der Waals surface area contributed by atoms with E-state index in [1.54, 1.807) is 25.1 Å². The predicted octanol–water partition coefficient (Wildman–Crippen LogP) is 4.77. The van der Waals surface area contributed by atoms with E-state index < -0.39 is 0 Å². The molecule has 0 atom stereocenters. The number of carbonyl (C=O) groups is 1. The molecule has 5 nitrogen and oxygen atoms in total. The standard InChI is InChI=1S/C19H16Cl2N4O/c1-12-23-17(19(26)22-11-13-6-2-3-7-14(13)20)10-18(24-12)25-16-9-5-4-8-15(16)21/h2-10H,11H2,1H3,(H,22,26)(H,23,24,25). The van der Waals surface area contributed by atoms with E-state index in [2.05, 4.69) is 20.6 Å². The first kappa shape index (κ1) is 18.2. The molecule has 0 saturated heterocycles. The summed E-state index contributed by atoms with van der Waals surface area (Å²) in [7, 11) is 0. The molecule has 1 amide bonds. The van der Waals surface area contributed by atoms with Crippen LogP contribution in [0.1, 0.15) is 21.9 Å². The Morgan fingerprint density at radius 1 is 1.00 bits per heavy atom. The van der Waals surface area contributed by atoms with Gasteiger partial charge in [0.05, 0.1) is 10.7 Å². The largest absolute Gasteiger partial charge is 0.347 e. The number of nitrogens with one attached hydrogen (secondary N) is 2. The summed E-state index contributed by atoms with van der Waals surface area (Å²) in [5, 5.41) is 7.09. The summed E-state index contributed by atoms with van der Waals surface area (Å²) in [5.41, 5.74) is 1.80. The van der Waals surface area contributed by atoms with Crippen LogP contribution in [0.4, 0.5) is 11.5 Å². The van der Waals surface area contributed by atoms with Crippen LogP contribution < -0.4 is 10.6 Å². The highest BCUT2D eigenvalue weighted by Crippen LogP contribution is 2.24. The highest BCUT2D eigenvalue weighted by atomic mass is 35.5. The number of anilines is 2. The number of nitrogens with zero attached hydrogens (tertiary/aromatic N) is 2. The molecule has 3 rings (SSSR count). The topological polar surface area (TPSA) is 66.9 Å². The van der Waals surface area contributed by atoms with Crippen LogP contribution in [0.25, 0.3) is 0 Å². The molecule has 0 radical (unpaired) electrons. The summed E-state index contributed by atoms with van der Waals surface area (Å²) >= 11 is 12.3. The third kappa shape index (κ3) is 4.50. The number of halogens is 2. The van der Waals surface area contributed by atoms with Crippen LogP contribution in [0.15, 0.2) is 54.6 Å². The molecular weight excluding hydrogens is 371 g/mol. The Labute approximate surface area is 161 Å². The summed E-state index contributed by atoms with van der Waals surface area (Å²) < 4.78 is 0. The van der Waals surface area contributed by atoms with Crippen LogP contribution in [0.3, 0.4) is 0 Å². The zero-order chi connectivity index (χ0) is 18.5. The molecule has 132 valence electrons. The van der Waals surface area contributed by atoms with Crippen molar-refractivity contribution in [1.29, 1.82) is 0 Å². The van der Waals surface area contributed by atoms with Gasteiger partial charge in [0.15, 0.2) is 0 Å². The van der Waals surface area contributed by atoms with E-state index in [0.717, 1.165) is 5.56 Å². The molecule has 1 heterocycles. The first-order chi connectivity index (χ1) is 12.5. The summed E-state index contributed by atoms with van der Waals surface area (Å²) in [4.78, 5) is 21.0. The third-order valence-corrected chi connectivity index (χ3v) is 4.30. The van der Waals surface area contributed by atoms with E-state index in [4.69, 9.17) is 23.2 Å². The molecule has 0 aliphatic rings. The average molecular weight is 387 g/mol. The van der Waals surface area contributed by atoms with Gasteiger partial charge in [-0.2, -0.15) is 0 Å². The number of aryl methyl sites for hydroxylation is 1. The molecule has 0 unspecified atom stereocenters. The Bertz CT molecular complexity index is 946. The number of amides is 1. The van der Waals surface area contributed by atoms with Gasteiger partial charge in [-0.05, 0) is 30.7 Å². The third-order valence-electron chi connectivity index (χ3n) is 3.60. The monoisotopic (exact) mass is 386 g/mol. The molecule has 0 saturated carbocycles. The minimum Gasteiger partial charge on any atom is -0.347 e. The van der Waals surface area contributed by atoms with Crippen molar-refractivity contribution < 1.29 is 4.79 Å². The van der Waals surface area contributed by atoms with Crippen molar-refractivity contribution in [2.75, 3.05) is 5.32 Å². The van der Waals surface area contributed by atoms with Crippen LogP contribution in [0.2, 0.25) is 10.0 Å². The van der Waals surface area contributed by atoms with Gasteiger partial charge in [-0.3, -0.25) is 4.79 Å². The number of rotatable bonds is 5. The number of benzene rings is 2. The van der Waals surface area contributed by atoms with E-state index >= 15 is 0 Å². The molecule has 1 aromatic heterocycles. The van der Waals surface area contributed by atoms with E-state index in [1.165, 1.54) is 0 Å². The van der Waals surface area contributed by atoms with Crippen LogP contribution in [-0.4, -0.2) is 15.9 Å². The van der Waals surface area contributed by atoms with Crippen molar-refractivity contribution in [3.05, 3.63) is 81.7 Å². The van der Waals surface area contributed by atoms with Gasteiger partial charge in [-0.1, -0.05) is 53.5 Å². The Morgan fingerprint density at radius 2 is 1.69 bits per heavy atom. The van der Waals surface area contributed by atoms with Gasteiger partial charge in [0.2, 0.25) is 0 Å². The van der Waals surface area contributed by atoms with Crippen molar-refractivity contribution in [2.45, 2.75) is 13.5 Å². The fraction of sp³-hybridized carbons (Fsp3) is 0.105. The number of carbonyl (C=O) groups excluding carboxylic acids is 1. The van der Waals surface area contributed by atoms with Crippen molar-refractivity contribution in [2.24, 2.45) is 0 Å². The smallest absolute Gasteiger partial charge is 0.270 e. The second-order valence-electron chi connectivity index (χ2n) is 5.56. The van der Waals surface area contributed by atoms with Crippen LogP contribution in [-0.2, 0) is 6.54 Å². The predicted molar refractivity (Wildman–Crippen MR) is 104 cm³/mol. The maximum Gasteiger partial charge on any atom is 0.270 e. The number of aromatic nitrogens is 2. The fourth-order valence-electron chi connectivity index (χ4n) is 2.36. The molecule has 0 spiro atoms. The number of hydrogen-bond donors (Lipinski definition) is 2. The second-order valence-corrected chi connectivity index (χ2v) is 6.38. The minimum atomic E-state index is -0.308. The Morgan fingerprint density at radius 3 is 2.42 bits per heavy atom. The highest BCUT2D eigenvalue weighted by Gasteiger charge is 2.12. The van der Waals surface area contributed by atoms with Crippen molar-refractivity contribution in [1.82, 2.24) is 15.3 Å². The van der Waals surface area contributed by atoms with Crippen LogP contribution >= 0.6 is 23.2 Å². The van der Waals surface area contributed by atoms with Gasteiger partial charge >= 0.3 is 0 Å². The molecule has 0 aliphatic carbocycles. The lowest BCUT2D eigenvalue weighted by molar-refractivity contribution is 0.0945. The second kappa shape index (κ2) is 8.17. The van der Waals surface area contributed by atoms with Crippen molar-refractivity contribution in [3.63, 3.8) is 0 Å². The molecule has 2 aromatic carbocycles. The van der Waals surface area contributed by atoms with Crippen LogP contribution in [0.5, 0.6) is 0 Å². The van der Waals surface area contributed by atoms with E-state index in [-0.39, 0.29) is 11.6 Å². The van der Waals surface area contributed by atoms with Gasteiger partial charge in [0.1, 0.15) is 17.3 Å². The van der Waals surface area contributed by atoms with Crippen molar-refractivity contribution in [3.8, 4) is 0 Å². The lowest BCUT2D eigenvalue weighted by atomic mass is 10.2. The fourth-order valence-corrected chi connectivity index (χ4v) is 2.74. The molecular formula is C19H16Cl2N4O. The van der Waals surface area contributed by atoms with Crippen LogP contribution in [0, 0.1) is 6.92 Å². The SMILES string of the molecule is Cc1nc(Nc2ccccc2Cl)cc(C(=O)NCc2ccccc2Cl)n1. The zero-order valence-corrected chi connectivity index (χ0v) is 15.5. The molecule has 0 fully saturated rings. The number of para-hydroxylation sites is 1. The minimum absolute atomic E-state index is 0.263. The molecule has 0 bridgehead atoms. The normalized spacial score (nSPS) is 10.4. The van der Waals surface area contributed by atoms with Gasteiger partial charge in [-0.25, -0.2) is 9.97 Å². The molecule has 0 aliphatic heterocycles. The van der Waals surface area contributed by atoms with E-state index in [1.807, 2.05) is 36.4 Å². The molecule has 3 aromatic rings. The van der Waals surface area contributed by atoms with Crippen molar-refractivity contribution >= 4 is 40.6 Å². The van der Waals surface area contributed by atoms with Gasteiger partial charge < -0.3 is 10.6 Å². The molecule has 26 heavy (non-hydrogen) atoms. The lowest BCUT2D eigenvalue weighted by Gasteiger charge is -2.10. The Kier molecular flexibility index (Phi) is 5.71. The average Bonchev–Trinajstić information content (AvgIpc) is 2.62. The highest BCUT2D eigenvalue weighted by molar-refractivity contribution is 6.33. The lowest BCUT2D eigenvalue weighted by Crippen LogP contribution is -2.24. The van der Waals surface area contributed by atoms with Gasteiger partial charge in [-0.15, -0.1) is 0 Å². The first-order valence-electron chi connectivity index (χ1n) is 7.92. The van der Waals surface area contributed by atoms with Gasteiger partial charge in [0, 0.05) is 17.6 Å². The molecule has 2 N–H and O–H groups in total. The summed E-state index contributed by atoms with van der Waals surface area (Å²) in [6.07, 6.45) is 0. The Balaban J connectivity index is 1.75. The van der Waals surface area contributed by atoms with E-state index in [0.29, 0.717) is 33.9 Å². The summed E-state index contributed by atoms with van der Waals surface area (Å²) in [5.74, 6) is 0.663. The summed E-state index contributed by atoms with van der Waals surface area (Å²) in [6, 6.07) is 16.2. The van der Waals surface area contributed by atoms with E-state index in [9.17, 15) is 4.79 Å². The van der Waals surface area contributed by atoms with Gasteiger partial charge in [0.25, 0.3) is 5.91 Å². The maximum absolute atomic E-state index is 12.5. The molecule has 7 heteroatoms. The Hall–Kier alpha value is -2.63. The summed E-state index contributed by atoms with van der Waals surface area (Å²) in [6.45, 7) is 2.04. The zero-order valence-electron chi connectivity index (χ0n) is 14.0.